The minimum Gasteiger partial charge on any atom is -0.509 e. The molecule has 13 heavy (non-hydrogen) atoms. The van der Waals surface area contributed by atoms with Crippen LogP contribution in [0.15, 0.2) is 16.6 Å². The number of carbonyl (C=O) groups is 1. The summed E-state index contributed by atoms with van der Waals surface area (Å²) in [5, 5.41) is 11.7. The van der Waals surface area contributed by atoms with Gasteiger partial charge in [-0.25, -0.2) is 4.79 Å². The van der Waals surface area contributed by atoms with E-state index in [1.54, 1.807) is 20.8 Å². The second kappa shape index (κ2) is 5.29. The molecule has 0 rings (SSSR count). The van der Waals surface area contributed by atoms with Crippen LogP contribution in [0.3, 0.4) is 0 Å². The highest BCUT2D eigenvalue weighted by Gasteiger charge is 2.19. The van der Waals surface area contributed by atoms with Gasteiger partial charge in [-0.1, -0.05) is 13.8 Å². The zero-order chi connectivity index (χ0) is 10.4. The van der Waals surface area contributed by atoms with Gasteiger partial charge in [-0.05, 0) is 12.1 Å². The van der Waals surface area contributed by atoms with Gasteiger partial charge in [-0.15, -0.1) is 4.91 Å². The largest absolute Gasteiger partial charge is 0.509 e. The third-order valence-corrected chi connectivity index (χ3v) is 1.35. The summed E-state index contributed by atoms with van der Waals surface area (Å²) in [5.41, 5.74) is -0.545. The molecule has 5 heteroatoms. The molecule has 0 aliphatic rings. The number of ether oxygens (including phenoxy) is 1. The molecule has 5 nitrogen and oxygen atoms in total. The van der Waals surface area contributed by atoms with Gasteiger partial charge in [0.1, 0.15) is 5.76 Å². The number of hydrogen-bond acceptors (Lipinski definition) is 5. The van der Waals surface area contributed by atoms with Crippen molar-refractivity contribution < 1.29 is 14.6 Å². The quantitative estimate of drug-likeness (QED) is 0.315. The second-order valence-electron chi connectivity index (χ2n) is 2.70. The molecule has 1 N–H and O–H groups in total. The lowest BCUT2D eigenvalue weighted by Crippen LogP contribution is -2.10. The minimum absolute atomic E-state index is 0.142. The van der Waals surface area contributed by atoms with Gasteiger partial charge in [0.15, 0.2) is 0 Å². The Hall–Kier alpha value is -1.39. The Balaban J connectivity index is 4.77. The number of nitrogens with zero attached hydrogens (tertiary/aromatic N) is 1. The van der Waals surface area contributed by atoms with E-state index in [4.69, 9.17) is 0 Å². The van der Waals surface area contributed by atoms with Crippen LogP contribution < -0.4 is 0 Å². The Morgan fingerprint density at radius 2 is 2.08 bits per heavy atom. The van der Waals surface area contributed by atoms with Crippen LogP contribution in [0.2, 0.25) is 0 Å². The number of esters is 1. The number of allylic oxidation sites excluding steroid dienone is 1. The third kappa shape index (κ3) is 3.23. The van der Waals surface area contributed by atoms with E-state index >= 15 is 0 Å². The number of hydrogen-bond donors (Lipinski definition) is 1. The summed E-state index contributed by atoms with van der Waals surface area (Å²) in [4.78, 5) is 21.2. The maximum atomic E-state index is 11.0. The maximum absolute atomic E-state index is 11.0. The first-order valence-corrected chi connectivity index (χ1v) is 3.98. The van der Waals surface area contributed by atoms with E-state index < -0.39 is 11.7 Å². The van der Waals surface area contributed by atoms with Gasteiger partial charge in [0, 0.05) is 5.92 Å². The zero-order valence-electron chi connectivity index (χ0n) is 7.90. The molecule has 0 heterocycles. The average Bonchev–Trinajstić information content (AvgIpc) is 2.05. The number of aliphatic hydroxyl groups is 1. The molecule has 0 amide bonds. The Bertz CT molecular complexity index is 232. The monoisotopic (exact) mass is 187 g/mol. The normalized spacial score (nSPS) is 12.3. The molecule has 74 valence electrons. The first-order chi connectivity index (χ1) is 6.04. The predicted molar refractivity (Wildman–Crippen MR) is 46.9 cm³/mol. The molecule has 0 spiro atoms. The highest BCUT2D eigenvalue weighted by Crippen LogP contribution is 2.13. The molecule has 0 bridgehead atoms. The van der Waals surface area contributed by atoms with Crippen molar-refractivity contribution in [1.29, 1.82) is 0 Å². The fourth-order valence-electron chi connectivity index (χ4n) is 0.661. The zero-order valence-corrected chi connectivity index (χ0v) is 7.90. The van der Waals surface area contributed by atoms with Crippen molar-refractivity contribution >= 4 is 5.97 Å². The lowest BCUT2D eigenvalue weighted by atomic mass is 10.1. The topological polar surface area (TPSA) is 76.0 Å². The van der Waals surface area contributed by atoms with E-state index in [0.717, 1.165) is 0 Å². The standard InChI is InChI=1S/C8H13NO4/c1-4-13-8(11)6(9-12)7(10)5(2)3/h5,10H,4H2,1-3H3. The van der Waals surface area contributed by atoms with Crippen LogP contribution >= 0.6 is 0 Å². The summed E-state index contributed by atoms with van der Waals surface area (Å²) in [7, 11) is 0. The van der Waals surface area contributed by atoms with Crippen molar-refractivity contribution in [3.8, 4) is 0 Å². The Morgan fingerprint density at radius 1 is 1.54 bits per heavy atom. The summed E-state index contributed by atoms with van der Waals surface area (Å²) in [5.74, 6) is -1.55. The maximum Gasteiger partial charge on any atom is 0.364 e. The molecule has 0 aliphatic heterocycles. The van der Waals surface area contributed by atoms with Gasteiger partial charge in [-0.3, -0.25) is 0 Å². The highest BCUT2D eigenvalue weighted by atomic mass is 16.5. The Morgan fingerprint density at radius 3 is 2.38 bits per heavy atom. The molecule has 0 fully saturated rings. The molecule has 0 radical (unpaired) electrons. The van der Waals surface area contributed by atoms with Crippen LogP contribution in [0.25, 0.3) is 0 Å². The van der Waals surface area contributed by atoms with E-state index in [1.807, 2.05) is 0 Å². The molecular formula is C8H13NO4. The van der Waals surface area contributed by atoms with Gasteiger partial charge in [-0.2, -0.15) is 0 Å². The van der Waals surface area contributed by atoms with Crippen molar-refractivity contribution in [3.63, 3.8) is 0 Å². The minimum atomic E-state index is -0.885. The molecule has 0 aromatic heterocycles. The van der Waals surface area contributed by atoms with E-state index in [-0.39, 0.29) is 18.3 Å². The van der Waals surface area contributed by atoms with E-state index in [9.17, 15) is 14.8 Å². The van der Waals surface area contributed by atoms with Crippen LogP contribution in [-0.4, -0.2) is 17.7 Å². The molecule has 0 saturated heterocycles. The fraction of sp³-hybridized carbons (Fsp3) is 0.625. The molecule has 0 atom stereocenters. The lowest BCUT2D eigenvalue weighted by molar-refractivity contribution is -0.138. The fourth-order valence-corrected chi connectivity index (χ4v) is 0.661. The van der Waals surface area contributed by atoms with Gasteiger partial charge >= 0.3 is 5.97 Å². The number of carbonyl (C=O) groups excluding carboxylic acids is 1. The van der Waals surface area contributed by atoms with Crippen LogP contribution in [-0.2, 0) is 9.53 Å². The van der Waals surface area contributed by atoms with Crippen LogP contribution in [0.5, 0.6) is 0 Å². The van der Waals surface area contributed by atoms with Gasteiger partial charge in [0.25, 0.3) is 0 Å². The van der Waals surface area contributed by atoms with Crippen LogP contribution in [0.1, 0.15) is 20.8 Å². The average molecular weight is 187 g/mol. The van der Waals surface area contributed by atoms with E-state index in [1.165, 1.54) is 0 Å². The van der Waals surface area contributed by atoms with E-state index in [0.29, 0.717) is 0 Å². The summed E-state index contributed by atoms with van der Waals surface area (Å²) >= 11 is 0. The van der Waals surface area contributed by atoms with E-state index in [2.05, 4.69) is 9.91 Å². The first-order valence-electron chi connectivity index (χ1n) is 3.98. The lowest BCUT2D eigenvalue weighted by Gasteiger charge is -2.05. The molecule has 0 aromatic rings. The van der Waals surface area contributed by atoms with Crippen molar-refractivity contribution in [3.05, 3.63) is 16.4 Å². The summed E-state index contributed by atoms with van der Waals surface area (Å²) in [6.07, 6.45) is 0. The van der Waals surface area contributed by atoms with Crippen molar-refractivity contribution in [2.75, 3.05) is 6.61 Å². The molecule has 0 unspecified atom stereocenters. The number of rotatable bonds is 4. The van der Waals surface area contributed by atoms with Crippen molar-refractivity contribution in [1.82, 2.24) is 0 Å². The predicted octanol–water partition coefficient (Wildman–Crippen LogP) is 1.74. The van der Waals surface area contributed by atoms with Gasteiger partial charge in [0.2, 0.25) is 5.70 Å². The second-order valence-corrected chi connectivity index (χ2v) is 2.70. The summed E-state index contributed by atoms with van der Waals surface area (Å²) < 4.78 is 4.52. The van der Waals surface area contributed by atoms with Crippen LogP contribution in [0, 0.1) is 10.8 Å². The molecular weight excluding hydrogens is 174 g/mol. The van der Waals surface area contributed by atoms with Gasteiger partial charge in [0.05, 0.1) is 6.61 Å². The number of aliphatic hydroxyl groups excluding tert-OH is 1. The van der Waals surface area contributed by atoms with Crippen molar-refractivity contribution in [2.24, 2.45) is 11.1 Å². The van der Waals surface area contributed by atoms with Crippen LogP contribution in [0.4, 0.5) is 0 Å². The summed E-state index contributed by atoms with van der Waals surface area (Å²) in [6, 6.07) is 0. The Labute approximate surface area is 76.4 Å². The van der Waals surface area contributed by atoms with Crippen molar-refractivity contribution in [2.45, 2.75) is 20.8 Å². The smallest absolute Gasteiger partial charge is 0.364 e. The summed E-state index contributed by atoms with van der Waals surface area (Å²) in [6.45, 7) is 5.02. The molecule has 0 aliphatic carbocycles. The Kier molecular flexibility index (Phi) is 4.72. The third-order valence-electron chi connectivity index (χ3n) is 1.35. The van der Waals surface area contributed by atoms with Gasteiger partial charge < -0.3 is 9.84 Å². The SMILES string of the molecule is CCOC(=O)C(N=O)=C(O)C(C)C. The molecule has 0 aromatic carbocycles. The highest BCUT2D eigenvalue weighted by molar-refractivity contribution is 5.88. The molecule has 0 saturated carbocycles. The number of nitroso groups, excluding NO2 is 1. The first kappa shape index (κ1) is 11.6.